The van der Waals surface area contributed by atoms with E-state index in [1.807, 2.05) is 47.0 Å². The maximum Gasteiger partial charge on any atom is 0.323 e. The maximum atomic E-state index is 13.0. The van der Waals surface area contributed by atoms with Crippen LogP contribution in [0.15, 0.2) is 118 Å². The fourth-order valence-electron chi connectivity index (χ4n) is 11.2. The van der Waals surface area contributed by atoms with Gasteiger partial charge in [-0.1, -0.05) is 18.2 Å². The van der Waals surface area contributed by atoms with Gasteiger partial charge in [-0.25, -0.2) is 24.4 Å². The minimum Gasteiger partial charge on any atom is -0.507 e. The number of carbonyl (C=O) groups excluding carboxylic acids is 9. The number of aromatic nitrogens is 2. The average Bonchev–Trinajstić information content (AvgIpc) is 1.60. The highest BCUT2D eigenvalue weighted by molar-refractivity contribution is 14.1. The van der Waals surface area contributed by atoms with Crippen molar-refractivity contribution < 1.29 is 81.1 Å². The van der Waals surface area contributed by atoms with Gasteiger partial charge in [-0.2, -0.15) is 5.26 Å². The van der Waals surface area contributed by atoms with Crippen LogP contribution < -0.4 is 46.1 Å². The van der Waals surface area contributed by atoms with Crippen molar-refractivity contribution in [3.05, 3.63) is 184 Å². The van der Waals surface area contributed by atoms with Crippen LogP contribution in [0.3, 0.4) is 0 Å². The third-order valence-electron chi connectivity index (χ3n) is 15.9. The van der Waals surface area contributed by atoms with E-state index < -0.39 is 62.3 Å². The first-order valence-electron chi connectivity index (χ1n) is 28.0. The Hall–Kier alpha value is -12.3. The number of rotatable bonds is 13. The number of furan rings is 2. The number of imide groups is 3. The predicted octanol–water partition coefficient (Wildman–Crippen LogP) is 4.93. The summed E-state index contributed by atoms with van der Waals surface area (Å²) in [5.41, 5.74) is -0.179. The number of nitriles is 1. The molecule has 4 aromatic heterocycles. The predicted molar refractivity (Wildman–Crippen MR) is 332 cm³/mol. The summed E-state index contributed by atoms with van der Waals surface area (Å²) in [6.07, 6.45) is 2.69. The Balaban J connectivity index is 0.000000136. The number of fused-ring (bicyclic) bond motifs is 5. The number of aromatic hydroxyl groups is 1. The van der Waals surface area contributed by atoms with Crippen molar-refractivity contribution in [2.24, 2.45) is 0 Å². The van der Waals surface area contributed by atoms with Gasteiger partial charge in [0, 0.05) is 71.5 Å². The first-order valence-corrected chi connectivity index (χ1v) is 29.1. The molecule has 3 fully saturated rings. The van der Waals surface area contributed by atoms with Crippen molar-refractivity contribution >= 4 is 110 Å². The van der Waals surface area contributed by atoms with E-state index in [0.29, 0.717) is 55.2 Å². The van der Waals surface area contributed by atoms with Gasteiger partial charge in [0.2, 0.25) is 17.0 Å². The molecule has 0 saturated carbocycles. The van der Waals surface area contributed by atoms with E-state index in [1.165, 1.54) is 66.4 Å². The molecule has 484 valence electrons. The van der Waals surface area contributed by atoms with Gasteiger partial charge in [0.15, 0.2) is 11.1 Å². The molecule has 3 saturated heterocycles. The third kappa shape index (κ3) is 12.2. The molecule has 10 heterocycles. The van der Waals surface area contributed by atoms with Crippen molar-refractivity contribution in [1.29, 1.82) is 5.26 Å². The van der Waals surface area contributed by atoms with E-state index in [0.717, 1.165) is 28.5 Å². The number of phenolic OH excluding ortho intramolecular Hbond substituents is 1. The van der Waals surface area contributed by atoms with Crippen LogP contribution in [0.4, 0.5) is 25.8 Å². The number of hydrogen-bond acceptors (Lipinski definition) is 22. The molecule has 3 atom stereocenters. The van der Waals surface area contributed by atoms with Crippen LogP contribution >= 0.6 is 22.6 Å². The number of hydrogen-bond donors (Lipinski definition) is 7. The number of pyridine rings is 2. The fraction of sp³-hybridized carbons (Fsp3) is 0.213. The van der Waals surface area contributed by atoms with Gasteiger partial charge in [0.25, 0.3) is 46.8 Å². The van der Waals surface area contributed by atoms with Gasteiger partial charge < -0.3 is 58.8 Å². The average molecular weight is 1410 g/mol. The standard InChI is InChI=1S/C21H18N4O5.C20H15N5O7.C14H12N4O4.C6H4INO3/c1-11-5-13-6-16(30-17(13)22-8-11)21(19(27)23-20(28)24-21)10-25-9-12-3-4-14(29-2)7-15(12)18(25)26;1-31-13-3-2-10-8-24(17(26)14(10)6-13)9-20(18(27)22-19(28)23-20)15-5-11-4-12(25(29)30)7-21-16(11)32-15;1-22-9-3-2-8-5-18(11(19)10(8)4-9)7-14(6-15)12(20)16-13(21)17-14;7-5-3-4(8(10)11)1-2-6(5)9/h3-8H,9-10H2,1-2H3,(H2,23,24,27,28);2-7H,8-9H2,1H3,(H2,22,23,27,28);2-4H,5,7H2,1H3,(H2,16,17,20,21);1-3,9H/t21-;20-;14-;/m001./s1. The van der Waals surface area contributed by atoms with Gasteiger partial charge in [0.1, 0.15) is 46.8 Å². The fourth-order valence-corrected chi connectivity index (χ4v) is 11.7. The number of nitrogens with zero attached hydrogens (tertiary/aromatic N) is 8. The van der Waals surface area contributed by atoms with Gasteiger partial charge in [-0.15, -0.1) is 0 Å². The number of non-ortho nitro benzene ring substituents is 1. The Labute approximate surface area is 547 Å². The molecule has 0 aliphatic carbocycles. The number of aryl methyl sites for hydroxylation is 1. The zero-order chi connectivity index (χ0) is 68.0. The molecular weight excluding hydrogens is 1360 g/mol. The second-order valence-corrected chi connectivity index (χ2v) is 23.1. The molecule has 8 aromatic rings. The van der Waals surface area contributed by atoms with E-state index in [9.17, 15) is 68.6 Å². The summed E-state index contributed by atoms with van der Waals surface area (Å²) in [7, 11) is 4.53. The highest BCUT2D eigenvalue weighted by atomic mass is 127. The number of nitro groups is 2. The lowest BCUT2D eigenvalue weighted by Crippen LogP contribution is -2.54. The summed E-state index contributed by atoms with van der Waals surface area (Å²) < 4.78 is 27.5. The van der Waals surface area contributed by atoms with Crippen molar-refractivity contribution in [2.45, 2.75) is 43.2 Å². The van der Waals surface area contributed by atoms with E-state index >= 15 is 0 Å². The minimum absolute atomic E-state index is 0.00480. The molecule has 0 bridgehead atoms. The Morgan fingerprint density at radius 3 is 1.38 bits per heavy atom. The van der Waals surface area contributed by atoms with Gasteiger partial charge in [0.05, 0.1) is 54.4 Å². The lowest BCUT2D eigenvalue weighted by molar-refractivity contribution is -0.385. The highest BCUT2D eigenvalue weighted by Crippen LogP contribution is 2.38. The first kappa shape index (κ1) is 64.2. The number of amides is 12. The van der Waals surface area contributed by atoms with E-state index in [-0.39, 0.29) is 90.2 Å². The molecule has 33 nitrogen and oxygen atoms in total. The van der Waals surface area contributed by atoms with Crippen LogP contribution in [-0.4, -0.2) is 140 Å². The lowest BCUT2D eigenvalue weighted by atomic mass is 9.95. The second kappa shape index (κ2) is 25.1. The lowest BCUT2D eigenvalue weighted by Gasteiger charge is -2.28. The number of nitrogens with one attached hydrogen (secondary N) is 6. The number of nitro benzene ring substituents is 1. The SMILES string of the molecule is COc1ccc2c(c1)C(=O)N(C[C@@]1(C#N)NC(=O)NC1=O)C2.COc1ccc2c(c1)C(=O)N(C[C@@]1(c3cc4cc(C)cnc4o3)NC(=O)NC1=O)C2.COc1ccc2c(c1)C(=O)N(C[C@@]1(c3cc4cc([N+](=O)[O-])cnc4o3)NC(=O)NC1=O)C2.O=[N+]([O-])c1ccc(O)c(I)c1. The molecule has 4 aromatic carbocycles. The van der Waals surface area contributed by atoms with Crippen LogP contribution in [0.25, 0.3) is 22.2 Å². The van der Waals surface area contributed by atoms with Crippen LogP contribution in [0.2, 0.25) is 0 Å². The number of methoxy groups -OCH3 is 3. The van der Waals surface area contributed by atoms with Gasteiger partial charge in [-0.3, -0.25) is 64.9 Å². The monoisotopic (exact) mass is 1410 g/mol. The van der Waals surface area contributed by atoms with Gasteiger partial charge in [-0.05, 0) is 112 Å². The minimum atomic E-state index is -1.75. The van der Waals surface area contributed by atoms with Crippen molar-refractivity contribution in [2.75, 3.05) is 41.0 Å². The summed E-state index contributed by atoms with van der Waals surface area (Å²) in [5.74, 6) is -0.993. The van der Waals surface area contributed by atoms with Crippen LogP contribution in [0, 0.1) is 42.1 Å². The molecule has 95 heavy (non-hydrogen) atoms. The van der Waals surface area contributed by atoms with E-state index in [1.54, 1.807) is 66.9 Å². The normalized spacial score (nSPS) is 19.5. The van der Waals surface area contributed by atoms with Crippen LogP contribution in [-0.2, 0) is 45.1 Å². The molecular formula is C61H49IN14O19. The highest BCUT2D eigenvalue weighted by Gasteiger charge is 2.55. The molecule has 6 aliphatic heterocycles. The molecule has 12 amide bonds. The molecule has 34 heteroatoms. The Bertz CT molecular complexity index is 4700. The molecule has 14 rings (SSSR count). The quantitative estimate of drug-likeness (QED) is 0.0348. The van der Waals surface area contributed by atoms with E-state index in [4.69, 9.17) is 28.2 Å². The largest absolute Gasteiger partial charge is 0.507 e. The molecule has 0 radical (unpaired) electrons. The van der Waals surface area contributed by atoms with Crippen molar-refractivity contribution in [1.82, 2.24) is 56.6 Å². The summed E-state index contributed by atoms with van der Waals surface area (Å²) in [5, 5.41) is 54.4. The molecule has 6 aliphatic rings. The maximum absolute atomic E-state index is 13.0. The zero-order valence-electron chi connectivity index (χ0n) is 49.9. The second-order valence-electron chi connectivity index (χ2n) is 22.0. The number of ether oxygens (including phenoxy) is 3. The van der Waals surface area contributed by atoms with Crippen LogP contribution in [0.1, 0.15) is 64.8 Å². The van der Waals surface area contributed by atoms with Crippen molar-refractivity contribution in [3.8, 4) is 29.1 Å². The summed E-state index contributed by atoms with van der Waals surface area (Å²) in [6, 6.07) is 25.2. The Morgan fingerprint density at radius 1 is 0.568 bits per heavy atom. The van der Waals surface area contributed by atoms with Gasteiger partial charge >= 0.3 is 18.1 Å². The van der Waals surface area contributed by atoms with Crippen molar-refractivity contribution in [3.63, 3.8) is 0 Å². The third-order valence-corrected chi connectivity index (χ3v) is 16.8. The smallest absolute Gasteiger partial charge is 0.323 e. The van der Waals surface area contributed by atoms with E-state index in [2.05, 4.69) is 36.6 Å². The summed E-state index contributed by atoms with van der Waals surface area (Å²) >= 11 is 1.83. The zero-order valence-corrected chi connectivity index (χ0v) is 52.0. The Morgan fingerprint density at radius 2 is 0.989 bits per heavy atom. The summed E-state index contributed by atoms with van der Waals surface area (Å²) in [4.78, 5) is 144. The molecule has 7 N–H and O–H groups in total. The number of urea groups is 3. The Kier molecular flexibility index (Phi) is 17.0. The number of benzene rings is 4. The first-order chi connectivity index (χ1) is 45.3. The molecule has 0 spiro atoms. The van der Waals surface area contributed by atoms with Crippen LogP contribution in [0.5, 0.6) is 23.0 Å². The molecule has 0 unspecified atom stereocenters. The summed E-state index contributed by atoms with van der Waals surface area (Å²) in [6.45, 7) is 2.17. The number of halogens is 1. The number of carbonyl (C=O) groups is 9. The topological polar surface area (TPSA) is 446 Å². The number of phenols is 1.